The Labute approximate surface area is 122 Å². The van der Waals surface area contributed by atoms with Crippen LogP contribution in [0.25, 0.3) is 10.9 Å². The standard InChI is InChI=1S/C16H14ClN3/c1-2-11-7-9-12(10-8-11)18-15-13-5-3-4-6-14(13)19-16(17)20-15/h3-10H,2H2,1H3,(H,18,19,20). The van der Waals surface area contributed by atoms with E-state index in [-0.39, 0.29) is 5.28 Å². The maximum absolute atomic E-state index is 5.98. The van der Waals surface area contributed by atoms with Gasteiger partial charge in [-0.25, -0.2) is 4.98 Å². The lowest BCUT2D eigenvalue weighted by Gasteiger charge is -2.09. The van der Waals surface area contributed by atoms with Gasteiger partial charge in [0, 0.05) is 11.1 Å². The van der Waals surface area contributed by atoms with Gasteiger partial charge >= 0.3 is 0 Å². The molecule has 0 spiro atoms. The first kappa shape index (κ1) is 12.9. The van der Waals surface area contributed by atoms with E-state index in [1.54, 1.807) is 0 Å². The van der Waals surface area contributed by atoms with Gasteiger partial charge in [-0.3, -0.25) is 0 Å². The zero-order valence-electron chi connectivity index (χ0n) is 11.1. The molecule has 0 saturated heterocycles. The first-order valence-corrected chi connectivity index (χ1v) is 6.92. The molecule has 0 saturated carbocycles. The summed E-state index contributed by atoms with van der Waals surface area (Å²) < 4.78 is 0. The van der Waals surface area contributed by atoms with Crippen LogP contribution in [0, 0.1) is 0 Å². The fourth-order valence-corrected chi connectivity index (χ4v) is 2.28. The number of aryl methyl sites for hydroxylation is 1. The first-order chi connectivity index (χ1) is 9.76. The van der Waals surface area contributed by atoms with Crippen LogP contribution in [-0.4, -0.2) is 9.97 Å². The van der Waals surface area contributed by atoms with Crippen molar-refractivity contribution in [2.24, 2.45) is 0 Å². The average Bonchev–Trinajstić information content (AvgIpc) is 2.48. The van der Waals surface area contributed by atoms with Gasteiger partial charge in [0.05, 0.1) is 5.52 Å². The van der Waals surface area contributed by atoms with Crippen LogP contribution in [0.4, 0.5) is 11.5 Å². The lowest BCUT2D eigenvalue weighted by Crippen LogP contribution is -1.97. The third-order valence-corrected chi connectivity index (χ3v) is 3.37. The average molecular weight is 284 g/mol. The highest BCUT2D eigenvalue weighted by atomic mass is 35.5. The normalized spacial score (nSPS) is 10.7. The molecule has 3 aromatic rings. The van der Waals surface area contributed by atoms with Crippen molar-refractivity contribution in [3.05, 3.63) is 59.4 Å². The number of hydrogen-bond donors (Lipinski definition) is 1. The van der Waals surface area contributed by atoms with Gasteiger partial charge in [-0.05, 0) is 47.9 Å². The number of nitrogens with one attached hydrogen (secondary N) is 1. The molecule has 3 rings (SSSR count). The molecule has 0 aliphatic carbocycles. The summed E-state index contributed by atoms with van der Waals surface area (Å²) in [5.41, 5.74) is 3.13. The third kappa shape index (κ3) is 2.58. The van der Waals surface area contributed by atoms with E-state index in [0.29, 0.717) is 0 Å². The maximum atomic E-state index is 5.98. The number of rotatable bonds is 3. The Bertz CT molecular complexity index is 738. The van der Waals surface area contributed by atoms with E-state index in [0.717, 1.165) is 28.8 Å². The minimum atomic E-state index is 0.247. The lowest BCUT2D eigenvalue weighted by atomic mass is 10.1. The van der Waals surface area contributed by atoms with Crippen molar-refractivity contribution in [2.45, 2.75) is 13.3 Å². The molecule has 0 unspecified atom stereocenters. The molecular weight excluding hydrogens is 270 g/mol. The Balaban J connectivity index is 2.01. The van der Waals surface area contributed by atoms with Gasteiger partial charge in [-0.2, -0.15) is 4.98 Å². The second-order valence-corrected chi connectivity index (χ2v) is 4.87. The molecule has 0 aliphatic rings. The smallest absolute Gasteiger partial charge is 0.224 e. The van der Waals surface area contributed by atoms with Gasteiger partial charge < -0.3 is 5.32 Å². The quantitative estimate of drug-likeness (QED) is 0.715. The Morgan fingerprint density at radius 3 is 2.50 bits per heavy atom. The van der Waals surface area contributed by atoms with Crippen molar-refractivity contribution >= 4 is 34.0 Å². The monoisotopic (exact) mass is 283 g/mol. The molecule has 1 heterocycles. The predicted molar refractivity (Wildman–Crippen MR) is 83.7 cm³/mol. The lowest BCUT2D eigenvalue weighted by molar-refractivity contribution is 1.14. The molecule has 0 atom stereocenters. The molecular formula is C16H14ClN3. The summed E-state index contributed by atoms with van der Waals surface area (Å²) in [6.45, 7) is 2.14. The second kappa shape index (κ2) is 5.47. The molecule has 1 N–H and O–H groups in total. The van der Waals surface area contributed by atoms with E-state index in [1.165, 1.54) is 5.56 Å². The zero-order valence-corrected chi connectivity index (χ0v) is 11.9. The Hall–Kier alpha value is -2.13. The number of anilines is 2. The molecule has 2 aromatic carbocycles. The van der Waals surface area contributed by atoms with Gasteiger partial charge in [-0.15, -0.1) is 0 Å². The Morgan fingerprint density at radius 2 is 1.75 bits per heavy atom. The van der Waals surface area contributed by atoms with Gasteiger partial charge in [0.1, 0.15) is 5.82 Å². The first-order valence-electron chi connectivity index (χ1n) is 6.54. The van der Waals surface area contributed by atoms with Crippen molar-refractivity contribution in [3.63, 3.8) is 0 Å². The number of fused-ring (bicyclic) bond motifs is 1. The number of hydrogen-bond acceptors (Lipinski definition) is 3. The second-order valence-electron chi connectivity index (χ2n) is 4.53. The summed E-state index contributed by atoms with van der Waals surface area (Å²) in [5, 5.41) is 4.51. The Morgan fingerprint density at radius 1 is 1.00 bits per heavy atom. The molecule has 3 nitrogen and oxygen atoms in total. The predicted octanol–water partition coefficient (Wildman–Crippen LogP) is 4.59. The summed E-state index contributed by atoms with van der Waals surface area (Å²) in [6, 6.07) is 16.1. The van der Waals surface area contributed by atoms with Crippen molar-refractivity contribution in [1.29, 1.82) is 0 Å². The summed E-state index contributed by atoms with van der Waals surface area (Å²) >= 11 is 5.98. The zero-order chi connectivity index (χ0) is 13.9. The van der Waals surface area contributed by atoms with E-state index < -0.39 is 0 Å². The fraction of sp³-hybridized carbons (Fsp3) is 0.125. The highest BCUT2D eigenvalue weighted by molar-refractivity contribution is 6.28. The Kier molecular flexibility index (Phi) is 3.52. The third-order valence-electron chi connectivity index (χ3n) is 3.20. The molecule has 0 fully saturated rings. The van der Waals surface area contributed by atoms with Crippen LogP contribution in [0.3, 0.4) is 0 Å². The molecule has 100 valence electrons. The number of benzene rings is 2. The highest BCUT2D eigenvalue weighted by Crippen LogP contribution is 2.25. The van der Waals surface area contributed by atoms with Crippen molar-refractivity contribution < 1.29 is 0 Å². The summed E-state index contributed by atoms with van der Waals surface area (Å²) in [7, 11) is 0. The SMILES string of the molecule is CCc1ccc(Nc2nc(Cl)nc3ccccc23)cc1. The van der Waals surface area contributed by atoms with E-state index in [9.17, 15) is 0 Å². The van der Waals surface area contributed by atoms with Gasteiger partial charge in [0.15, 0.2) is 0 Å². The maximum Gasteiger partial charge on any atom is 0.224 e. The van der Waals surface area contributed by atoms with Crippen LogP contribution in [-0.2, 0) is 6.42 Å². The summed E-state index contributed by atoms with van der Waals surface area (Å²) in [6.07, 6.45) is 1.03. The summed E-state index contributed by atoms with van der Waals surface area (Å²) in [4.78, 5) is 8.50. The highest BCUT2D eigenvalue weighted by Gasteiger charge is 2.06. The molecule has 0 aliphatic heterocycles. The minimum Gasteiger partial charge on any atom is -0.340 e. The van der Waals surface area contributed by atoms with E-state index >= 15 is 0 Å². The van der Waals surface area contributed by atoms with Crippen LogP contribution in [0.2, 0.25) is 5.28 Å². The fourth-order valence-electron chi connectivity index (χ4n) is 2.10. The number of aromatic nitrogens is 2. The largest absolute Gasteiger partial charge is 0.340 e. The van der Waals surface area contributed by atoms with E-state index in [1.807, 2.05) is 36.4 Å². The molecule has 20 heavy (non-hydrogen) atoms. The van der Waals surface area contributed by atoms with Crippen molar-refractivity contribution in [1.82, 2.24) is 9.97 Å². The van der Waals surface area contributed by atoms with Crippen LogP contribution in [0.5, 0.6) is 0 Å². The molecule has 0 amide bonds. The molecule has 0 radical (unpaired) electrons. The summed E-state index contributed by atoms with van der Waals surface area (Å²) in [5.74, 6) is 0.727. The van der Waals surface area contributed by atoms with Crippen molar-refractivity contribution in [2.75, 3.05) is 5.32 Å². The van der Waals surface area contributed by atoms with Gasteiger partial charge in [0.25, 0.3) is 0 Å². The van der Waals surface area contributed by atoms with Gasteiger partial charge in [-0.1, -0.05) is 31.2 Å². The van der Waals surface area contributed by atoms with E-state index in [2.05, 4.69) is 34.3 Å². The van der Waals surface area contributed by atoms with Crippen LogP contribution < -0.4 is 5.32 Å². The van der Waals surface area contributed by atoms with Crippen LogP contribution >= 0.6 is 11.6 Å². The van der Waals surface area contributed by atoms with E-state index in [4.69, 9.17) is 11.6 Å². The number of para-hydroxylation sites is 1. The van der Waals surface area contributed by atoms with Crippen molar-refractivity contribution in [3.8, 4) is 0 Å². The van der Waals surface area contributed by atoms with Crippen LogP contribution in [0.15, 0.2) is 48.5 Å². The van der Waals surface area contributed by atoms with Gasteiger partial charge in [0.2, 0.25) is 5.28 Å². The molecule has 1 aromatic heterocycles. The molecule has 4 heteroatoms. The minimum absolute atomic E-state index is 0.247. The van der Waals surface area contributed by atoms with Crippen LogP contribution in [0.1, 0.15) is 12.5 Å². The topological polar surface area (TPSA) is 37.8 Å². The molecule has 0 bridgehead atoms. The number of nitrogens with zero attached hydrogens (tertiary/aromatic N) is 2. The number of halogens is 1.